The van der Waals surface area contributed by atoms with Crippen molar-refractivity contribution in [3.63, 3.8) is 0 Å². The monoisotopic (exact) mass is 456 g/mol. The fraction of sp³-hybridized carbons (Fsp3) is 0.760. The molecule has 2 fully saturated rings. The maximum atomic E-state index is 12.7. The summed E-state index contributed by atoms with van der Waals surface area (Å²) >= 11 is 4.83. The van der Waals surface area contributed by atoms with Crippen LogP contribution in [0, 0.1) is 11.8 Å². The number of halogens is 3. The Balaban J connectivity index is 1.29. The van der Waals surface area contributed by atoms with Crippen molar-refractivity contribution in [2.75, 3.05) is 0 Å². The van der Waals surface area contributed by atoms with E-state index in [9.17, 15) is 8.78 Å². The van der Waals surface area contributed by atoms with Crippen LogP contribution in [0.4, 0.5) is 8.78 Å². The van der Waals surface area contributed by atoms with Crippen molar-refractivity contribution in [1.82, 2.24) is 0 Å². The predicted molar refractivity (Wildman–Crippen MR) is 126 cm³/mol. The summed E-state index contributed by atoms with van der Waals surface area (Å²) in [7, 11) is -0.320. The zero-order valence-electron chi connectivity index (χ0n) is 18.6. The highest BCUT2D eigenvalue weighted by Crippen LogP contribution is 2.39. The first-order valence-electron chi connectivity index (χ1n) is 12.3. The molecule has 1 aliphatic heterocycles. The summed E-state index contributed by atoms with van der Waals surface area (Å²) in [6.45, 7) is 2.35. The Morgan fingerprint density at radius 3 is 2.03 bits per heavy atom. The minimum Gasteiger partial charge on any atom is -0.420 e. The molecular formula is C25H39ClF2OSi. The van der Waals surface area contributed by atoms with E-state index in [4.69, 9.17) is 11.6 Å². The van der Waals surface area contributed by atoms with Crippen molar-refractivity contribution in [3.05, 3.63) is 29.8 Å². The second kappa shape index (κ2) is 11.9. The van der Waals surface area contributed by atoms with Crippen molar-refractivity contribution >= 4 is 20.4 Å². The number of ether oxygens (including phenoxy) is 1. The Hall–Kier alpha value is -0.613. The molecule has 1 aliphatic carbocycles. The van der Waals surface area contributed by atoms with Crippen LogP contribution < -0.4 is 4.74 Å². The van der Waals surface area contributed by atoms with Gasteiger partial charge in [0.2, 0.25) is 0 Å². The quantitative estimate of drug-likeness (QED) is 0.194. The molecule has 30 heavy (non-hydrogen) atoms. The van der Waals surface area contributed by atoms with Crippen LogP contribution in [-0.2, 0) is 0 Å². The van der Waals surface area contributed by atoms with Crippen LogP contribution in [0.1, 0.15) is 89.0 Å². The van der Waals surface area contributed by atoms with E-state index in [-0.39, 0.29) is 14.5 Å². The Bertz CT molecular complexity index is 603. The minimum atomic E-state index is -3.64. The van der Waals surface area contributed by atoms with Gasteiger partial charge in [-0.15, -0.1) is 8.78 Å². The van der Waals surface area contributed by atoms with Gasteiger partial charge >= 0.3 is 5.57 Å². The summed E-state index contributed by atoms with van der Waals surface area (Å²) in [4.78, 5) is 0. The molecule has 0 atom stereocenters. The van der Waals surface area contributed by atoms with Crippen molar-refractivity contribution in [2.45, 2.75) is 107 Å². The highest BCUT2D eigenvalue weighted by Gasteiger charge is 2.28. The number of unbranched alkanes of at least 4 members (excludes halogenated alkanes) is 1. The number of benzene rings is 1. The SMILES string of the molecule is CCC[Si@H]1CC[C@H](CCCC[C@H]2CC[C@H](c3ccc(OC(F)(F)Cl)cc3)CC2)CC1. The van der Waals surface area contributed by atoms with Gasteiger partial charge in [0.25, 0.3) is 0 Å². The molecule has 1 saturated carbocycles. The molecule has 0 aromatic heterocycles. The van der Waals surface area contributed by atoms with Crippen molar-refractivity contribution in [2.24, 2.45) is 11.8 Å². The van der Waals surface area contributed by atoms with E-state index in [1.54, 1.807) is 30.3 Å². The Morgan fingerprint density at radius 1 is 0.933 bits per heavy atom. The van der Waals surface area contributed by atoms with Gasteiger partial charge in [0, 0.05) is 20.4 Å². The first-order valence-corrected chi connectivity index (χ1v) is 15.1. The van der Waals surface area contributed by atoms with Crippen molar-refractivity contribution in [1.29, 1.82) is 0 Å². The number of alkyl halides is 3. The standard InChI is InChI=1S/C25H39ClF2OSi/c1-2-17-30-18-15-21(16-19-30)6-4-3-5-20-7-9-22(10-8-20)23-11-13-24(14-12-23)29-25(26,27)28/h11-14,20-22,30H,2-10,15-19H2,1H3/t20-,21-,22-,30-. The molecule has 1 aromatic carbocycles. The zero-order valence-corrected chi connectivity index (χ0v) is 20.5. The van der Waals surface area contributed by atoms with Crippen LogP contribution in [0.3, 0.4) is 0 Å². The smallest absolute Gasteiger partial charge is 0.420 e. The lowest BCUT2D eigenvalue weighted by atomic mass is 9.77. The summed E-state index contributed by atoms with van der Waals surface area (Å²) < 4.78 is 29.9. The molecule has 0 unspecified atom stereocenters. The fourth-order valence-corrected chi connectivity index (χ4v) is 9.47. The average Bonchev–Trinajstić information content (AvgIpc) is 2.73. The molecule has 0 radical (unpaired) electrons. The van der Waals surface area contributed by atoms with E-state index in [1.807, 2.05) is 12.1 Å². The molecule has 0 bridgehead atoms. The average molecular weight is 457 g/mol. The van der Waals surface area contributed by atoms with E-state index in [0.29, 0.717) is 5.92 Å². The molecule has 2 aliphatic rings. The topological polar surface area (TPSA) is 9.23 Å². The van der Waals surface area contributed by atoms with Gasteiger partial charge in [0.05, 0.1) is 0 Å². The summed E-state index contributed by atoms with van der Waals surface area (Å²) in [5.74, 6) is 2.58. The third kappa shape index (κ3) is 8.14. The van der Waals surface area contributed by atoms with Crippen molar-refractivity contribution < 1.29 is 13.5 Å². The van der Waals surface area contributed by atoms with E-state index in [1.165, 1.54) is 76.2 Å². The Kier molecular flexibility index (Phi) is 9.50. The normalized spacial score (nSPS) is 27.7. The van der Waals surface area contributed by atoms with E-state index >= 15 is 0 Å². The van der Waals surface area contributed by atoms with Crippen molar-refractivity contribution in [3.8, 4) is 5.75 Å². The second-order valence-corrected chi connectivity index (χ2v) is 13.7. The molecule has 3 rings (SSSR count). The third-order valence-electron chi connectivity index (χ3n) is 7.57. The molecule has 1 aromatic rings. The summed E-state index contributed by atoms with van der Waals surface area (Å²) in [6.07, 6.45) is 15.2. The van der Waals surface area contributed by atoms with E-state index in [0.717, 1.165) is 11.8 Å². The minimum absolute atomic E-state index is 0.119. The molecule has 0 amide bonds. The van der Waals surface area contributed by atoms with Gasteiger partial charge in [-0.2, -0.15) is 0 Å². The van der Waals surface area contributed by atoms with Gasteiger partial charge in [-0.05, 0) is 61.1 Å². The van der Waals surface area contributed by atoms with Crippen LogP contribution in [-0.4, -0.2) is 14.4 Å². The highest BCUT2D eigenvalue weighted by molar-refractivity contribution is 6.58. The highest BCUT2D eigenvalue weighted by atomic mass is 35.5. The maximum absolute atomic E-state index is 12.7. The zero-order chi connectivity index (χ0) is 21.4. The molecule has 5 heteroatoms. The third-order valence-corrected chi connectivity index (χ3v) is 11.3. The van der Waals surface area contributed by atoms with Crippen LogP contribution in [0.5, 0.6) is 5.75 Å². The van der Waals surface area contributed by atoms with Crippen LogP contribution >= 0.6 is 11.6 Å². The van der Waals surface area contributed by atoms with Crippen LogP contribution in [0.25, 0.3) is 0 Å². The molecule has 0 spiro atoms. The molecule has 0 N–H and O–H groups in total. The van der Waals surface area contributed by atoms with E-state index < -0.39 is 5.57 Å². The summed E-state index contributed by atoms with van der Waals surface area (Å²) in [5.41, 5.74) is -2.41. The van der Waals surface area contributed by atoms with Crippen LogP contribution in [0.2, 0.25) is 18.1 Å². The van der Waals surface area contributed by atoms with Gasteiger partial charge in [-0.1, -0.05) is 82.1 Å². The molecule has 170 valence electrons. The Labute approximate surface area is 188 Å². The second-order valence-electron chi connectivity index (χ2n) is 9.79. The maximum Gasteiger partial charge on any atom is 0.487 e. The summed E-state index contributed by atoms with van der Waals surface area (Å²) in [5, 5.41) is 0. The van der Waals surface area contributed by atoms with Gasteiger partial charge < -0.3 is 4.74 Å². The number of rotatable bonds is 10. The lowest BCUT2D eigenvalue weighted by molar-refractivity contribution is -0.0964. The van der Waals surface area contributed by atoms with Gasteiger partial charge in [-0.25, -0.2) is 0 Å². The predicted octanol–water partition coefficient (Wildman–Crippen LogP) is 8.74. The largest absolute Gasteiger partial charge is 0.487 e. The first kappa shape index (κ1) is 24.0. The Morgan fingerprint density at radius 2 is 1.50 bits per heavy atom. The van der Waals surface area contributed by atoms with Gasteiger partial charge in [0.1, 0.15) is 5.75 Å². The van der Waals surface area contributed by atoms with Gasteiger partial charge in [-0.3, -0.25) is 0 Å². The summed E-state index contributed by atoms with van der Waals surface area (Å²) in [6, 6.07) is 11.9. The number of hydrogen-bond acceptors (Lipinski definition) is 1. The van der Waals surface area contributed by atoms with Gasteiger partial charge in [0.15, 0.2) is 0 Å². The first-order chi connectivity index (χ1) is 14.4. The number of hydrogen-bond donors (Lipinski definition) is 0. The molecule has 1 saturated heterocycles. The van der Waals surface area contributed by atoms with Crippen LogP contribution in [0.15, 0.2) is 24.3 Å². The fourth-order valence-electron chi connectivity index (χ4n) is 5.81. The lowest BCUT2D eigenvalue weighted by Crippen LogP contribution is -2.21. The van der Waals surface area contributed by atoms with E-state index in [2.05, 4.69) is 11.7 Å². The molecule has 1 heterocycles. The molecular weight excluding hydrogens is 418 g/mol. The molecule has 1 nitrogen and oxygen atoms in total. The lowest BCUT2D eigenvalue weighted by Gasteiger charge is -2.29.